The number of aromatic carboxylic acids is 1. The third-order valence-electron chi connectivity index (χ3n) is 3.16. The summed E-state index contributed by atoms with van der Waals surface area (Å²) in [6.45, 7) is 0. The summed E-state index contributed by atoms with van der Waals surface area (Å²) in [5.41, 5.74) is 1.62. The van der Waals surface area contributed by atoms with E-state index in [4.69, 9.17) is 5.11 Å². The van der Waals surface area contributed by atoms with E-state index in [0.29, 0.717) is 17.6 Å². The van der Waals surface area contributed by atoms with Crippen molar-refractivity contribution in [2.24, 2.45) is 0 Å². The average molecular weight is 209 g/mol. The maximum absolute atomic E-state index is 11.0. The quantitative estimate of drug-likeness (QED) is 0.741. The number of hydrogen-bond acceptors (Lipinski definition) is 3. The van der Waals surface area contributed by atoms with Crippen LogP contribution in [-0.4, -0.2) is 17.1 Å². The zero-order chi connectivity index (χ0) is 9.71. The van der Waals surface area contributed by atoms with Crippen molar-refractivity contribution in [2.45, 2.75) is 31.3 Å². The molecule has 0 saturated carbocycles. The lowest BCUT2D eigenvalue weighted by molar-refractivity contribution is 0.0696. The fraction of sp³-hybridized carbons (Fsp3) is 0.500. The summed E-state index contributed by atoms with van der Waals surface area (Å²) < 4.78 is 0. The SMILES string of the molecule is O=C(O)c1csc2c1CC1CCC2N1. The molecule has 2 atom stereocenters. The van der Waals surface area contributed by atoms with Crippen LogP contribution in [0.15, 0.2) is 5.38 Å². The Kier molecular flexibility index (Phi) is 1.69. The summed E-state index contributed by atoms with van der Waals surface area (Å²) in [6.07, 6.45) is 3.25. The van der Waals surface area contributed by atoms with E-state index in [1.54, 1.807) is 16.7 Å². The Hall–Kier alpha value is -0.870. The molecular formula is C10H11NO2S. The van der Waals surface area contributed by atoms with Gasteiger partial charge in [-0.25, -0.2) is 4.79 Å². The molecule has 3 heterocycles. The van der Waals surface area contributed by atoms with Gasteiger partial charge in [-0.05, 0) is 24.8 Å². The Labute approximate surface area is 85.8 Å². The summed E-state index contributed by atoms with van der Waals surface area (Å²) >= 11 is 1.60. The highest BCUT2D eigenvalue weighted by atomic mass is 32.1. The van der Waals surface area contributed by atoms with Gasteiger partial charge in [0.1, 0.15) is 0 Å². The van der Waals surface area contributed by atoms with Crippen LogP contribution in [0.3, 0.4) is 0 Å². The summed E-state index contributed by atoms with van der Waals surface area (Å²) in [6, 6.07) is 0.946. The molecular weight excluding hydrogens is 198 g/mol. The van der Waals surface area contributed by atoms with Crippen LogP contribution in [0.5, 0.6) is 0 Å². The van der Waals surface area contributed by atoms with E-state index in [1.807, 2.05) is 0 Å². The largest absolute Gasteiger partial charge is 0.478 e. The fourth-order valence-electron chi connectivity index (χ4n) is 2.51. The highest BCUT2D eigenvalue weighted by molar-refractivity contribution is 7.10. The van der Waals surface area contributed by atoms with Crippen LogP contribution in [0.4, 0.5) is 0 Å². The maximum Gasteiger partial charge on any atom is 0.336 e. The standard InChI is InChI=1S/C10H11NO2S/c12-10(13)7-4-14-9-6(7)3-5-1-2-8(9)11-5/h4-5,8,11H,1-3H2,(H,12,13). The fourth-order valence-corrected chi connectivity index (χ4v) is 3.69. The van der Waals surface area contributed by atoms with Crippen molar-refractivity contribution in [3.8, 4) is 0 Å². The first-order valence-corrected chi connectivity index (χ1v) is 5.73. The lowest BCUT2D eigenvalue weighted by Crippen LogP contribution is -2.31. The van der Waals surface area contributed by atoms with Crippen molar-refractivity contribution in [1.82, 2.24) is 5.32 Å². The summed E-state index contributed by atoms with van der Waals surface area (Å²) in [5.74, 6) is -0.774. The van der Waals surface area contributed by atoms with Crippen LogP contribution in [0, 0.1) is 0 Å². The number of carboxylic acids is 1. The van der Waals surface area contributed by atoms with Gasteiger partial charge >= 0.3 is 5.97 Å². The highest BCUT2D eigenvalue weighted by Crippen LogP contribution is 2.40. The molecule has 14 heavy (non-hydrogen) atoms. The van der Waals surface area contributed by atoms with Crippen LogP contribution in [0.25, 0.3) is 0 Å². The Morgan fingerprint density at radius 3 is 3.21 bits per heavy atom. The summed E-state index contributed by atoms with van der Waals surface area (Å²) in [5, 5.41) is 14.3. The van der Waals surface area contributed by atoms with E-state index in [9.17, 15) is 4.79 Å². The lowest BCUT2D eigenvalue weighted by atomic mass is 9.99. The summed E-state index contributed by atoms with van der Waals surface area (Å²) in [7, 11) is 0. The molecule has 2 aliphatic rings. The van der Waals surface area contributed by atoms with Gasteiger partial charge < -0.3 is 10.4 Å². The molecule has 3 rings (SSSR count). The number of carbonyl (C=O) groups is 1. The van der Waals surface area contributed by atoms with E-state index in [0.717, 1.165) is 18.4 Å². The van der Waals surface area contributed by atoms with Crippen molar-refractivity contribution in [1.29, 1.82) is 0 Å². The maximum atomic E-state index is 11.0. The van der Waals surface area contributed by atoms with Gasteiger partial charge in [0.15, 0.2) is 0 Å². The summed E-state index contributed by atoms with van der Waals surface area (Å²) in [4.78, 5) is 12.2. The third-order valence-corrected chi connectivity index (χ3v) is 4.30. The molecule has 2 bridgehead atoms. The number of thiophene rings is 1. The topological polar surface area (TPSA) is 49.3 Å². The molecule has 1 aromatic rings. The molecule has 3 nitrogen and oxygen atoms in total. The molecule has 0 amide bonds. The minimum absolute atomic E-state index is 0.432. The van der Waals surface area contributed by atoms with Crippen LogP contribution in [0.1, 0.15) is 39.7 Å². The van der Waals surface area contributed by atoms with Crippen LogP contribution in [-0.2, 0) is 6.42 Å². The van der Waals surface area contributed by atoms with E-state index < -0.39 is 5.97 Å². The smallest absolute Gasteiger partial charge is 0.336 e. The zero-order valence-electron chi connectivity index (χ0n) is 7.62. The van der Waals surface area contributed by atoms with Crippen LogP contribution < -0.4 is 5.32 Å². The lowest BCUT2D eigenvalue weighted by Gasteiger charge is -2.21. The monoisotopic (exact) mass is 209 g/mol. The second kappa shape index (κ2) is 2.81. The Morgan fingerprint density at radius 2 is 2.43 bits per heavy atom. The first kappa shape index (κ1) is 8.44. The highest BCUT2D eigenvalue weighted by Gasteiger charge is 2.35. The van der Waals surface area contributed by atoms with Gasteiger partial charge in [-0.15, -0.1) is 11.3 Å². The molecule has 2 unspecified atom stereocenters. The first-order valence-electron chi connectivity index (χ1n) is 4.85. The Balaban J connectivity index is 2.11. The van der Waals surface area contributed by atoms with E-state index in [2.05, 4.69) is 5.32 Å². The third kappa shape index (κ3) is 1.04. The van der Waals surface area contributed by atoms with Crippen molar-refractivity contribution in [3.63, 3.8) is 0 Å². The molecule has 0 aliphatic carbocycles. The molecule has 0 radical (unpaired) electrons. The van der Waals surface area contributed by atoms with Gasteiger partial charge in [0.2, 0.25) is 0 Å². The van der Waals surface area contributed by atoms with Crippen molar-refractivity contribution >= 4 is 17.3 Å². The first-order chi connectivity index (χ1) is 6.75. The van der Waals surface area contributed by atoms with E-state index in [-0.39, 0.29) is 0 Å². The second-order valence-electron chi connectivity index (χ2n) is 3.99. The number of nitrogens with one attached hydrogen (secondary N) is 1. The predicted molar refractivity (Wildman–Crippen MR) is 53.9 cm³/mol. The molecule has 2 aliphatic heterocycles. The molecule has 0 spiro atoms. The normalized spacial score (nSPS) is 28.9. The van der Waals surface area contributed by atoms with Gasteiger partial charge in [-0.1, -0.05) is 0 Å². The van der Waals surface area contributed by atoms with Crippen molar-refractivity contribution < 1.29 is 9.90 Å². The van der Waals surface area contributed by atoms with Crippen LogP contribution in [0.2, 0.25) is 0 Å². The van der Waals surface area contributed by atoms with Gasteiger partial charge in [-0.3, -0.25) is 0 Å². The van der Waals surface area contributed by atoms with Gasteiger partial charge in [-0.2, -0.15) is 0 Å². The predicted octanol–water partition coefficient (Wildman–Crippen LogP) is 1.80. The number of hydrogen-bond donors (Lipinski definition) is 2. The molecule has 2 N–H and O–H groups in total. The molecule has 0 aromatic carbocycles. The van der Waals surface area contributed by atoms with Gasteiger partial charge in [0.25, 0.3) is 0 Å². The van der Waals surface area contributed by atoms with Crippen LogP contribution >= 0.6 is 11.3 Å². The Bertz CT molecular complexity index is 399. The van der Waals surface area contributed by atoms with E-state index >= 15 is 0 Å². The van der Waals surface area contributed by atoms with Gasteiger partial charge in [0, 0.05) is 22.3 Å². The Morgan fingerprint density at radius 1 is 1.57 bits per heavy atom. The van der Waals surface area contributed by atoms with E-state index in [1.165, 1.54) is 11.3 Å². The minimum atomic E-state index is -0.774. The molecule has 74 valence electrons. The van der Waals surface area contributed by atoms with Crippen molar-refractivity contribution in [2.75, 3.05) is 0 Å². The minimum Gasteiger partial charge on any atom is -0.478 e. The zero-order valence-corrected chi connectivity index (χ0v) is 8.43. The molecule has 1 aromatic heterocycles. The van der Waals surface area contributed by atoms with Gasteiger partial charge in [0.05, 0.1) is 5.56 Å². The molecule has 1 saturated heterocycles. The molecule has 4 heteroatoms. The number of rotatable bonds is 1. The number of fused-ring (bicyclic) bond motifs is 4. The van der Waals surface area contributed by atoms with Crippen molar-refractivity contribution in [3.05, 3.63) is 21.4 Å². The number of carboxylic acid groups (broad SMARTS) is 1. The second-order valence-corrected chi connectivity index (χ2v) is 4.91. The molecule has 1 fully saturated rings. The average Bonchev–Trinajstić information content (AvgIpc) is 2.71.